The normalized spacial score (nSPS) is 10.6. The Labute approximate surface area is 114 Å². The molecule has 6 heteroatoms. The van der Waals surface area contributed by atoms with Crippen molar-refractivity contribution in [2.75, 3.05) is 5.32 Å². The van der Waals surface area contributed by atoms with Crippen LogP contribution in [0.5, 0.6) is 0 Å². The molecule has 3 N–H and O–H groups in total. The molecule has 1 heterocycles. The van der Waals surface area contributed by atoms with Gasteiger partial charge in [-0.3, -0.25) is 9.59 Å². The average molecular weight is 271 g/mol. The second-order valence-corrected chi connectivity index (χ2v) is 4.02. The number of anilines is 2. The van der Waals surface area contributed by atoms with Crippen molar-refractivity contribution in [1.29, 1.82) is 0 Å². The predicted molar refractivity (Wildman–Crippen MR) is 75.9 cm³/mol. The van der Waals surface area contributed by atoms with Crippen molar-refractivity contribution in [2.45, 2.75) is 6.42 Å². The molecular weight excluding hydrogens is 258 g/mol. The van der Waals surface area contributed by atoms with Crippen LogP contribution in [0.25, 0.3) is 6.08 Å². The van der Waals surface area contributed by atoms with E-state index in [1.807, 2.05) is 24.3 Å². The molecule has 20 heavy (non-hydrogen) atoms. The van der Waals surface area contributed by atoms with Gasteiger partial charge in [-0.25, -0.2) is 0 Å². The topological polar surface area (TPSA) is 95.1 Å². The van der Waals surface area contributed by atoms with Gasteiger partial charge in [-0.15, -0.1) is 0 Å². The highest BCUT2D eigenvalue weighted by Gasteiger charge is 1.97. The van der Waals surface area contributed by atoms with Gasteiger partial charge < -0.3 is 15.4 Å². The third-order valence-electron chi connectivity index (χ3n) is 2.44. The van der Waals surface area contributed by atoms with Crippen molar-refractivity contribution in [2.24, 2.45) is 0 Å². The molecule has 6 nitrogen and oxygen atoms in total. The van der Waals surface area contributed by atoms with E-state index in [1.54, 1.807) is 12.2 Å². The van der Waals surface area contributed by atoms with Crippen molar-refractivity contribution in [1.82, 2.24) is 9.97 Å². The van der Waals surface area contributed by atoms with Gasteiger partial charge in [0.25, 0.3) is 5.56 Å². The molecule has 1 aromatic heterocycles. The summed E-state index contributed by atoms with van der Waals surface area (Å²) in [5.74, 6) is -0.495. The van der Waals surface area contributed by atoms with Crippen LogP contribution in [0.1, 0.15) is 12.0 Å². The Morgan fingerprint density at radius 3 is 2.70 bits per heavy atom. The minimum atomic E-state index is -0.862. The number of nitrogens with zero attached hydrogens (tertiary/aromatic N) is 1. The first kappa shape index (κ1) is 13.5. The number of rotatable bonds is 5. The third kappa shape index (κ3) is 4.09. The summed E-state index contributed by atoms with van der Waals surface area (Å²) in [7, 11) is 0. The molecule has 0 atom stereocenters. The van der Waals surface area contributed by atoms with Crippen molar-refractivity contribution >= 4 is 23.7 Å². The molecule has 0 radical (unpaired) electrons. The second-order valence-electron chi connectivity index (χ2n) is 4.02. The first-order valence-corrected chi connectivity index (χ1v) is 5.94. The van der Waals surface area contributed by atoms with Gasteiger partial charge in [0.15, 0.2) is 0 Å². The zero-order valence-electron chi connectivity index (χ0n) is 10.5. The van der Waals surface area contributed by atoms with Gasteiger partial charge in [0, 0.05) is 18.0 Å². The smallest absolute Gasteiger partial charge is 0.307 e. The summed E-state index contributed by atoms with van der Waals surface area (Å²) in [4.78, 5) is 28.0. The Morgan fingerprint density at radius 2 is 2.05 bits per heavy atom. The van der Waals surface area contributed by atoms with Gasteiger partial charge >= 0.3 is 5.97 Å². The maximum Gasteiger partial charge on any atom is 0.307 e. The third-order valence-corrected chi connectivity index (χ3v) is 2.44. The van der Waals surface area contributed by atoms with Crippen molar-refractivity contribution in [3.8, 4) is 0 Å². The van der Waals surface area contributed by atoms with Gasteiger partial charge in [-0.2, -0.15) is 4.98 Å². The Bertz CT molecular complexity index is 675. The number of carboxylic acid groups (broad SMARTS) is 1. The van der Waals surface area contributed by atoms with E-state index in [-0.39, 0.29) is 12.0 Å². The largest absolute Gasteiger partial charge is 0.481 e. The predicted octanol–water partition coefficient (Wildman–Crippen LogP) is 2.00. The van der Waals surface area contributed by atoms with E-state index in [1.165, 1.54) is 12.3 Å². The zero-order chi connectivity index (χ0) is 14.4. The van der Waals surface area contributed by atoms with Crippen molar-refractivity contribution < 1.29 is 9.90 Å². The van der Waals surface area contributed by atoms with Crippen LogP contribution < -0.4 is 10.9 Å². The minimum absolute atomic E-state index is 0.00479. The van der Waals surface area contributed by atoms with E-state index in [4.69, 9.17) is 5.11 Å². The molecule has 0 unspecified atom stereocenters. The van der Waals surface area contributed by atoms with Crippen LogP contribution in [-0.4, -0.2) is 21.0 Å². The van der Waals surface area contributed by atoms with Crippen LogP contribution in [0.4, 0.5) is 11.6 Å². The molecule has 0 saturated heterocycles. The summed E-state index contributed by atoms with van der Waals surface area (Å²) < 4.78 is 0. The lowest BCUT2D eigenvalue weighted by Crippen LogP contribution is -2.08. The molecule has 102 valence electrons. The van der Waals surface area contributed by atoms with E-state index in [2.05, 4.69) is 15.3 Å². The fourth-order valence-corrected chi connectivity index (χ4v) is 1.55. The molecule has 2 rings (SSSR count). The minimum Gasteiger partial charge on any atom is -0.481 e. The summed E-state index contributed by atoms with van der Waals surface area (Å²) in [6, 6.07) is 8.63. The van der Waals surface area contributed by atoms with Gasteiger partial charge in [-0.1, -0.05) is 24.3 Å². The second kappa shape index (κ2) is 6.33. The molecule has 0 bridgehead atoms. The fourth-order valence-electron chi connectivity index (χ4n) is 1.55. The maximum atomic E-state index is 11.1. The molecule has 0 aliphatic heterocycles. The van der Waals surface area contributed by atoms with Crippen LogP contribution in [0.2, 0.25) is 0 Å². The summed E-state index contributed by atoms with van der Waals surface area (Å²) in [5, 5.41) is 11.5. The first-order chi connectivity index (χ1) is 9.63. The number of hydrogen-bond donors (Lipinski definition) is 3. The van der Waals surface area contributed by atoms with E-state index >= 15 is 0 Å². The molecule has 0 amide bonds. The molecule has 0 spiro atoms. The fraction of sp³-hybridized carbons (Fsp3) is 0.0714. The molecule has 0 saturated carbocycles. The number of H-pyrrole nitrogens is 1. The molecule has 0 fully saturated rings. The molecular formula is C14H13N3O3. The number of carboxylic acids is 1. The highest BCUT2D eigenvalue weighted by molar-refractivity contribution is 5.70. The number of aliphatic carboxylic acids is 1. The van der Waals surface area contributed by atoms with E-state index < -0.39 is 5.97 Å². The lowest BCUT2D eigenvalue weighted by molar-refractivity contribution is -0.135. The summed E-state index contributed by atoms with van der Waals surface area (Å²) in [5.41, 5.74) is 1.35. The number of aromatic nitrogens is 2. The van der Waals surface area contributed by atoms with Gasteiger partial charge in [0.1, 0.15) is 0 Å². The van der Waals surface area contributed by atoms with Crippen molar-refractivity contribution in [3.63, 3.8) is 0 Å². The van der Waals surface area contributed by atoms with Crippen LogP contribution >= 0.6 is 0 Å². The highest BCUT2D eigenvalue weighted by atomic mass is 16.4. The highest BCUT2D eigenvalue weighted by Crippen LogP contribution is 2.13. The van der Waals surface area contributed by atoms with Crippen LogP contribution in [0.3, 0.4) is 0 Å². The summed E-state index contributed by atoms with van der Waals surface area (Å²) >= 11 is 0. The monoisotopic (exact) mass is 271 g/mol. The van der Waals surface area contributed by atoms with Crippen LogP contribution in [0, 0.1) is 0 Å². The molecule has 1 aromatic carbocycles. The van der Waals surface area contributed by atoms with Crippen molar-refractivity contribution in [3.05, 3.63) is 58.5 Å². The van der Waals surface area contributed by atoms with Crippen LogP contribution in [-0.2, 0) is 4.79 Å². The summed E-state index contributed by atoms with van der Waals surface area (Å²) in [6.07, 6.45) is 4.83. The number of benzene rings is 1. The Morgan fingerprint density at radius 1 is 1.30 bits per heavy atom. The van der Waals surface area contributed by atoms with E-state index in [0.717, 1.165) is 11.3 Å². The maximum absolute atomic E-state index is 11.1. The van der Waals surface area contributed by atoms with E-state index in [0.29, 0.717) is 5.95 Å². The van der Waals surface area contributed by atoms with Gasteiger partial charge in [-0.05, 0) is 17.7 Å². The van der Waals surface area contributed by atoms with Crippen LogP contribution in [0.15, 0.2) is 47.4 Å². The number of hydrogen-bond acceptors (Lipinski definition) is 4. The lowest BCUT2D eigenvalue weighted by atomic mass is 10.2. The molecule has 2 aromatic rings. The Kier molecular flexibility index (Phi) is 4.28. The first-order valence-electron chi connectivity index (χ1n) is 5.94. The number of carbonyl (C=O) groups is 1. The Balaban J connectivity index is 2.03. The zero-order valence-corrected chi connectivity index (χ0v) is 10.5. The molecule has 0 aliphatic rings. The standard InChI is InChI=1S/C14H13N3O3/c18-12-8-9-15-14(17-12)16-11-6-4-10(5-7-11)2-1-3-13(19)20/h1-2,4-9H,3H2,(H,19,20)(H2,15,16,17,18). The number of aromatic amines is 1. The number of nitrogens with one attached hydrogen (secondary N) is 2. The van der Waals surface area contributed by atoms with Gasteiger partial charge in [0.05, 0.1) is 6.42 Å². The summed E-state index contributed by atoms with van der Waals surface area (Å²) in [6.45, 7) is 0. The van der Waals surface area contributed by atoms with E-state index in [9.17, 15) is 9.59 Å². The van der Waals surface area contributed by atoms with Gasteiger partial charge in [0.2, 0.25) is 5.95 Å². The Hall–Kier alpha value is -2.89. The molecule has 0 aliphatic carbocycles. The average Bonchev–Trinajstić information content (AvgIpc) is 2.40. The SMILES string of the molecule is O=C(O)CC=Cc1ccc(Nc2nc(=O)cc[nH]2)cc1. The lowest BCUT2D eigenvalue weighted by Gasteiger charge is -2.04. The quantitative estimate of drug-likeness (QED) is 0.773.